The van der Waals surface area contributed by atoms with Gasteiger partial charge in [-0.05, 0) is 54.4 Å². The van der Waals surface area contributed by atoms with Gasteiger partial charge in [-0.2, -0.15) is 16.6 Å². The maximum Gasteiger partial charge on any atom is 0.191 e. The van der Waals surface area contributed by atoms with Crippen LogP contribution >= 0.6 is 11.3 Å². The molecule has 3 N–H and O–H groups in total. The molecule has 1 aromatic heterocycles. The number of nitrogens with one attached hydrogen (secondary N) is 2. The number of hydrogen-bond acceptors (Lipinski definition) is 4. The Labute approximate surface area is 150 Å². The van der Waals surface area contributed by atoms with Crippen LogP contribution in [0.3, 0.4) is 0 Å². The monoisotopic (exact) mass is 360 g/mol. The highest BCUT2D eigenvalue weighted by Gasteiger charge is 2.23. The lowest BCUT2D eigenvalue weighted by atomic mass is 9.99. The predicted octanol–water partition coefficient (Wildman–Crippen LogP) is 2.72. The fourth-order valence-corrected chi connectivity index (χ4v) is 2.98. The quantitative estimate of drug-likeness (QED) is 0.547. The number of thiophene rings is 1. The van der Waals surface area contributed by atoms with Gasteiger partial charge in [-0.25, -0.2) is 9.38 Å². The van der Waals surface area contributed by atoms with Crippen LogP contribution in [0.25, 0.3) is 0 Å². The van der Waals surface area contributed by atoms with Gasteiger partial charge in [0.1, 0.15) is 11.4 Å². The summed E-state index contributed by atoms with van der Waals surface area (Å²) in [6, 6.07) is 8.06. The fraction of sp³-hybridized carbons (Fsp3) is 0.333. The lowest BCUT2D eigenvalue weighted by molar-refractivity contribution is 0.0621. The van der Waals surface area contributed by atoms with E-state index in [2.05, 4.69) is 15.6 Å². The summed E-state index contributed by atoms with van der Waals surface area (Å²) in [5.41, 5.74) is 0.529. The largest absolute Gasteiger partial charge is 0.384 e. The zero-order valence-electron chi connectivity index (χ0n) is 14.2. The van der Waals surface area contributed by atoms with Crippen molar-refractivity contribution in [1.29, 1.82) is 5.26 Å². The van der Waals surface area contributed by atoms with Gasteiger partial charge in [-0.15, -0.1) is 0 Å². The van der Waals surface area contributed by atoms with E-state index in [-0.39, 0.29) is 13.1 Å². The Morgan fingerprint density at radius 1 is 1.40 bits per heavy atom. The van der Waals surface area contributed by atoms with Gasteiger partial charge in [0.2, 0.25) is 0 Å². The average Bonchev–Trinajstić information content (AvgIpc) is 3.14. The minimum Gasteiger partial charge on any atom is -0.384 e. The summed E-state index contributed by atoms with van der Waals surface area (Å²) < 4.78 is 13.8. The van der Waals surface area contributed by atoms with Gasteiger partial charge in [-0.3, -0.25) is 0 Å². The molecule has 2 aromatic rings. The van der Waals surface area contributed by atoms with Crippen LogP contribution in [0.2, 0.25) is 0 Å². The van der Waals surface area contributed by atoms with Gasteiger partial charge in [-0.1, -0.05) is 0 Å². The molecule has 0 radical (unpaired) electrons. The Balaban J connectivity index is 2.07. The first-order valence-electron chi connectivity index (χ1n) is 7.92. The van der Waals surface area contributed by atoms with Crippen molar-refractivity contribution in [2.24, 2.45) is 4.99 Å². The van der Waals surface area contributed by atoms with E-state index in [0.717, 1.165) is 5.56 Å². The number of benzene rings is 1. The molecule has 2 rings (SSSR count). The smallest absolute Gasteiger partial charge is 0.191 e. The molecule has 0 spiro atoms. The van der Waals surface area contributed by atoms with Crippen LogP contribution in [0.5, 0.6) is 0 Å². The summed E-state index contributed by atoms with van der Waals surface area (Å²) in [6.45, 7) is 4.63. The van der Waals surface area contributed by atoms with E-state index in [9.17, 15) is 9.50 Å². The normalized spacial score (nSPS) is 13.8. The minimum absolute atomic E-state index is 0.0945. The van der Waals surface area contributed by atoms with Crippen molar-refractivity contribution in [3.05, 3.63) is 57.5 Å². The van der Waals surface area contributed by atoms with Crippen LogP contribution < -0.4 is 10.6 Å². The minimum atomic E-state index is -1.04. The van der Waals surface area contributed by atoms with Gasteiger partial charge in [0.25, 0.3) is 0 Å². The number of aliphatic imine (C=N–C) groups is 1. The lowest BCUT2D eigenvalue weighted by Gasteiger charge is -2.24. The second-order valence-corrected chi connectivity index (χ2v) is 6.53. The zero-order chi connectivity index (χ0) is 18.3. The summed E-state index contributed by atoms with van der Waals surface area (Å²) in [6.07, 6.45) is 0. The number of aliphatic hydroxyl groups is 1. The highest BCUT2D eigenvalue weighted by Crippen LogP contribution is 2.22. The Hall–Kier alpha value is -2.43. The number of halogens is 1. The van der Waals surface area contributed by atoms with Gasteiger partial charge in [0.05, 0.1) is 24.7 Å². The Morgan fingerprint density at radius 3 is 2.84 bits per heavy atom. The van der Waals surface area contributed by atoms with Crippen molar-refractivity contribution in [2.75, 3.05) is 13.1 Å². The van der Waals surface area contributed by atoms with Crippen molar-refractivity contribution in [2.45, 2.75) is 26.0 Å². The van der Waals surface area contributed by atoms with Crippen LogP contribution in [0, 0.1) is 17.1 Å². The van der Waals surface area contributed by atoms with Crippen molar-refractivity contribution in [1.82, 2.24) is 10.6 Å². The summed E-state index contributed by atoms with van der Waals surface area (Å²) in [5, 5.41) is 29.4. The summed E-state index contributed by atoms with van der Waals surface area (Å²) in [7, 11) is 0. The maximum absolute atomic E-state index is 13.8. The average molecular weight is 360 g/mol. The van der Waals surface area contributed by atoms with Gasteiger partial charge in [0, 0.05) is 12.1 Å². The highest BCUT2D eigenvalue weighted by molar-refractivity contribution is 7.08. The first-order valence-corrected chi connectivity index (χ1v) is 8.86. The molecule has 0 aliphatic carbocycles. The molecule has 0 saturated carbocycles. The van der Waals surface area contributed by atoms with Crippen LogP contribution in [0.1, 0.15) is 30.5 Å². The second-order valence-electron chi connectivity index (χ2n) is 5.75. The van der Waals surface area contributed by atoms with E-state index in [0.29, 0.717) is 23.6 Å². The van der Waals surface area contributed by atoms with Gasteiger partial charge < -0.3 is 15.7 Å². The summed E-state index contributed by atoms with van der Waals surface area (Å²) in [4.78, 5) is 4.34. The van der Waals surface area contributed by atoms with Crippen molar-refractivity contribution < 1.29 is 9.50 Å². The van der Waals surface area contributed by atoms with Gasteiger partial charge in [0.15, 0.2) is 5.96 Å². The molecule has 1 unspecified atom stereocenters. The standard InChI is InChI=1S/C18H21FN4OS/c1-3-21-17(23-12-18(2,24)15-6-7-25-11-15)22-10-14-8-13(9-20)4-5-16(14)19/h4-8,11,24H,3,10,12H2,1-2H3,(H2,21,22,23). The van der Waals surface area contributed by atoms with Crippen molar-refractivity contribution in [3.63, 3.8) is 0 Å². The number of rotatable bonds is 6. The molecule has 5 nitrogen and oxygen atoms in total. The van der Waals surface area contributed by atoms with E-state index in [1.54, 1.807) is 6.92 Å². The molecular formula is C18H21FN4OS. The Morgan fingerprint density at radius 2 is 2.20 bits per heavy atom. The molecule has 0 aliphatic rings. The third-order valence-corrected chi connectivity index (χ3v) is 4.35. The fourth-order valence-electron chi connectivity index (χ4n) is 2.20. The molecule has 0 bridgehead atoms. The highest BCUT2D eigenvalue weighted by atomic mass is 32.1. The SMILES string of the molecule is CCNC(=NCc1cc(C#N)ccc1F)NCC(C)(O)c1ccsc1. The third kappa shape index (κ3) is 5.28. The van der Waals surface area contributed by atoms with Crippen LogP contribution in [-0.4, -0.2) is 24.2 Å². The molecule has 0 saturated heterocycles. The molecule has 0 aliphatic heterocycles. The van der Waals surface area contributed by atoms with Crippen molar-refractivity contribution in [3.8, 4) is 6.07 Å². The number of nitriles is 1. The molecule has 1 heterocycles. The Kier molecular flexibility index (Phi) is 6.51. The number of hydrogen-bond donors (Lipinski definition) is 3. The molecule has 7 heteroatoms. The zero-order valence-corrected chi connectivity index (χ0v) is 15.0. The van der Waals surface area contributed by atoms with E-state index < -0.39 is 11.4 Å². The summed E-state index contributed by atoms with van der Waals surface area (Å²) >= 11 is 1.52. The van der Waals surface area contributed by atoms with Crippen molar-refractivity contribution >= 4 is 17.3 Å². The molecule has 132 valence electrons. The Bertz CT molecular complexity index is 766. The van der Waals surface area contributed by atoms with Crippen LogP contribution in [0.4, 0.5) is 4.39 Å². The first-order chi connectivity index (χ1) is 12.0. The third-order valence-electron chi connectivity index (χ3n) is 3.67. The van der Waals surface area contributed by atoms with Crippen LogP contribution in [-0.2, 0) is 12.1 Å². The molecule has 0 fully saturated rings. The molecule has 1 aromatic carbocycles. The van der Waals surface area contributed by atoms with E-state index in [4.69, 9.17) is 5.26 Å². The lowest BCUT2D eigenvalue weighted by Crippen LogP contribution is -2.44. The van der Waals surface area contributed by atoms with E-state index >= 15 is 0 Å². The topological polar surface area (TPSA) is 80.4 Å². The number of nitrogens with zero attached hydrogens (tertiary/aromatic N) is 2. The van der Waals surface area contributed by atoms with Gasteiger partial charge >= 0.3 is 0 Å². The van der Waals surface area contributed by atoms with E-state index in [1.807, 2.05) is 29.8 Å². The second kappa shape index (κ2) is 8.60. The molecule has 25 heavy (non-hydrogen) atoms. The molecule has 0 amide bonds. The molecule has 1 atom stereocenters. The molecular weight excluding hydrogens is 339 g/mol. The number of guanidine groups is 1. The predicted molar refractivity (Wildman–Crippen MR) is 97.8 cm³/mol. The van der Waals surface area contributed by atoms with Crippen LogP contribution in [0.15, 0.2) is 40.0 Å². The summed E-state index contributed by atoms with van der Waals surface area (Å²) in [5.74, 6) is 0.0728. The first kappa shape index (κ1) is 18.9. The van der Waals surface area contributed by atoms with E-state index in [1.165, 1.54) is 29.5 Å². The maximum atomic E-state index is 13.8.